The van der Waals surface area contributed by atoms with Crippen LogP contribution in [0.4, 0.5) is 4.39 Å². The van der Waals surface area contributed by atoms with E-state index in [1.807, 2.05) is 34.1 Å². The van der Waals surface area contributed by atoms with E-state index >= 15 is 0 Å². The van der Waals surface area contributed by atoms with Gasteiger partial charge in [-0.2, -0.15) is 4.68 Å². The van der Waals surface area contributed by atoms with Gasteiger partial charge in [0.05, 0.1) is 60.3 Å². The molecular weight excluding hydrogens is 1010 g/mol. The Morgan fingerprint density at radius 3 is 2.18 bits per heavy atom. The Kier molecular flexibility index (Phi) is 16.8. The molecule has 77 heavy (non-hydrogen) atoms. The van der Waals surface area contributed by atoms with Gasteiger partial charge in [-0.05, 0) is 110 Å². The van der Waals surface area contributed by atoms with E-state index < -0.39 is 35.7 Å². The van der Waals surface area contributed by atoms with Crippen molar-refractivity contribution in [2.24, 2.45) is 5.92 Å². The number of carbonyl (C=O) groups excluding carboxylic acids is 6. The standard InChI is InChI=1S/C56H61ClFN9O10/c57-39-10-14-44-45(30-39)60-56(59-44)67-55(74)41(13-7-36-5-11-40(58)12-6-36)51(62-67)38-8-3-35(4-9-38)2-1-25-75-26-27-76-28-29-77-34-50(70)65-19-17-37(18-20-65)33-63-21-23-64(24-22-63)47-31-42-43(32-48(47)68)54(73)66(53(42)72)46-15-16-49(69)61-52(46)71/h3-6,8-12,14,30-32,37,46-47,62H,1-2,7,13,15-29,33-34H2,(H,59,60)(H,61,69,71). The van der Waals surface area contributed by atoms with E-state index in [0.29, 0.717) is 111 Å². The molecule has 3 aromatic carbocycles. The summed E-state index contributed by atoms with van der Waals surface area (Å²) >= 11 is 6.20. The third-order valence-corrected chi connectivity index (χ3v) is 15.3. The van der Waals surface area contributed by atoms with Gasteiger partial charge < -0.3 is 29.0 Å². The monoisotopic (exact) mass is 1070 g/mol. The fraction of sp³-hybridized carbons (Fsp3) is 0.429. The third-order valence-electron chi connectivity index (χ3n) is 15.1. The van der Waals surface area contributed by atoms with Crippen LogP contribution in [0.15, 0.2) is 94.8 Å². The molecule has 2 aromatic heterocycles. The van der Waals surface area contributed by atoms with Crippen molar-refractivity contribution in [2.75, 3.05) is 85.5 Å². The largest absolute Gasteiger partial charge is 0.379 e. The van der Waals surface area contributed by atoms with E-state index in [-0.39, 0.29) is 53.7 Å². The van der Waals surface area contributed by atoms with E-state index in [1.165, 1.54) is 22.9 Å². The summed E-state index contributed by atoms with van der Waals surface area (Å²) in [5, 5.41) is 6.04. The summed E-state index contributed by atoms with van der Waals surface area (Å²) in [5.74, 6) is -2.29. The van der Waals surface area contributed by atoms with Crippen LogP contribution in [0.5, 0.6) is 0 Å². The molecule has 5 aliphatic rings. The number of imide groups is 2. The maximum atomic E-state index is 13.9. The number of benzene rings is 3. The number of ketones is 1. The number of carbonyl (C=O) groups is 6. The molecule has 0 spiro atoms. The smallest absolute Gasteiger partial charge is 0.277 e. The molecule has 6 heterocycles. The molecular formula is C56H61ClFN9O10. The van der Waals surface area contributed by atoms with Crippen LogP contribution in [0.3, 0.4) is 0 Å². The van der Waals surface area contributed by atoms with Crippen LogP contribution >= 0.6 is 11.6 Å². The molecule has 4 fully saturated rings. The molecule has 4 aliphatic heterocycles. The lowest BCUT2D eigenvalue weighted by Crippen LogP contribution is -2.54. The highest BCUT2D eigenvalue weighted by molar-refractivity contribution is 6.31. The lowest BCUT2D eigenvalue weighted by molar-refractivity contribution is -0.149. The molecule has 3 N–H and O–H groups in total. The van der Waals surface area contributed by atoms with Gasteiger partial charge >= 0.3 is 0 Å². The molecule has 0 saturated carbocycles. The van der Waals surface area contributed by atoms with Crippen LogP contribution in [0.25, 0.3) is 28.2 Å². The highest BCUT2D eigenvalue weighted by Gasteiger charge is 2.49. The molecule has 2 unspecified atom stereocenters. The number of aryl methyl sites for hydroxylation is 2. The number of aromatic nitrogens is 4. The van der Waals surface area contributed by atoms with Crippen molar-refractivity contribution >= 4 is 58.0 Å². The van der Waals surface area contributed by atoms with Gasteiger partial charge in [-0.1, -0.05) is 48.0 Å². The minimum Gasteiger partial charge on any atom is -0.379 e. The quantitative estimate of drug-likeness (QED) is 0.0697. The number of likely N-dealkylation sites (tertiary alicyclic amines) is 2. The van der Waals surface area contributed by atoms with Crippen molar-refractivity contribution in [1.82, 2.24) is 44.7 Å². The first-order valence-corrected chi connectivity index (χ1v) is 26.7. The molecule has 5 aromatic rings. The van der Waals surface area contributed by atoms with Gasteiger partial charge in [-0.25, -0.2) is 9.37 Å². The number of nitrogens with zero attached hydrogens (tertiary/aromatic N) is 6. The maximum absolute atomic E-state index is 13.9. The number of ether oxygens (including phenoxy) is 3. The lowest BCUT2D eigenvalue weighted by atomic mass is 9.93. The fourth-order valence-electron chi connectivity index (χ4n) is 10.8. The Labute approximate surface area is 448 Å². The molecule has 21 heteroatoms. The van der Waals surface area contributed by atoms with Gasteiger partial charge in [0.15, 0.2) is 5.78 Å². The van der Waals surface area contributed by atoms with E-state index in [9.17, 15) is 38.0 Å². The lowest BCUT2D eigenvalue weighted by Gasteiger charge is -2.40. The summed E-state index contributed by atoms with van der Waals surface area (Å²) in [6, 6.07) is 17.9. The van der Waals surface area contributed by atoms with Crippen LogP contribution < -0.4 is 10.9 Å². The van der Waals surface area contributed by atoms with Crippen LogP contribution in [0.1, 0.15) is 48.8 Å². The first-order valence-electron chi connectivity index (χ1n) is 26.4. The Morgan fingerprint density at radius 1 is 0.753 bits per heavy atom. The van der Waals surface area contributed by atoms with Crippen molar-refractivity contribution < 1.29 is 47.4 Å². The summed E-state index contributed by atoms with van der Waals surface area (Å²) in [6.45, 7) is 6.91. The van der Waals surface area contributed by atoms with Crippen molar-refractivity contribution in [3.05, 3.63) is 128 Å². The highest BCUT2D eigenvalue weighted by Crippen LogP contribution is 2.34. The zero-order valence-electron chi connectivity index (χ0n) is 42.6. The second kappa shape index (κ2) is 24.2. The predicted octanol–water partition coefficient (Wildman–Crippen LogP) is 4.10. The number of hydrogen-bond donors (Lipinski definition) is 3. The number of H-pyrrole nitrogens is 2. The maximum Gasteiger partial charge on any atom is 0.277 e. The molecule has 0 radical (unpaired) electrons. The Morgan fingerprint density at radius 2 is 1.44 bits per heavy atom. The van der Waals surface area contributed by atoms with Crippen molar-refractivity contribution in [3.63, 3.8) is 0 Å². The topological polar surface area (TPSA) is 222 Å². The normalized spacial score (nSPS) is 19.8. The number of nitrogens with one attached hydrogen (secondary N) is 3. The number of aromatic amines is 2. The summed E-state index contributed by atoms with van der Waals surface area (Å²) in [6.07, 6.45) is 7.20. The molecule has 0 bridgehead atoms. The fourth-order valence-corrected chi connectivity index (χ4v) is 11.0. The second-order valence-corrected chi connectivity index (χ2v) is 20.6. The van der Waals surface area contributed by atoms with Crippen LogP contribution in [-0.4, -0.2) is 172 Å². The zero-order chi connectivity index (χ0) is 53.6. The van der Waals surface area contributed by atoms with E-state index in [0.717, 1.165) is 66.9 Å². The number of piperazine rings is 1. The second-order valence-electron chi connectivity index (χ2n) is 20.1. The third kappa shape index (κ3) is 12.4. The summed E-state index contributed by atoms with van der Waals surface area (Å²) in [7, 11) is 0. The van der Waals surface area contributed by atoms with Gasteiger partial charge in [-0.3, -0.25) is 53.8 Å². The number of hydrogen-bond acceptors (Lipinski definition) is 13. The van der Waals surface area contributed by atoms with Gasteiger partial charge in [0.1, 0.15) is 18.5 Å². The first kappa shape index (κ1) is 53.5. The predicted molar refractivity (Wildman–Crippen MR) is 281 cm³/mol. The highest BCUT2D eigenvalue weighted by atomic mass is 35.5. The SMILES string of the molecule is O=C1CCC(N2C(=O)C3=CC(=O)C(N4CCN(CC5CCN(C(=O)COCCOCCOCCCc6ccc(-c7[nH]n(-c8nc9ccc(Cl)cc9[nH]8)c(=O)c7CCc7ccc(F)cc7)cc6)CC5)CC4)C=C3C2=O)C(=O)N1. The van der Waals surface area contributed by atoms with Crippen LogP contribution in [0.2, 0.25) is 5.02 Å². The molecule has 404 valence electrons. The van der Waals surface area contributed by atoms with Crippen molar-refractivity contribution in [3.8, 4) is 17.2 Å². The average molecular weight is 1070 g/mol. The Hall–Kier alpha value is -6.94. The minimum absolute atomic E-state index is 0.000799. The zero-order valence-corrected chi connectivity index (χ0v) is 43.4. The van der Waals surface area contributed by atoms with Gasteiger partial charge in [0, 0.05) is 69.4 Å². The summed E-state index contributed by atoms with van der Waals surface area (Å²) in [5.41, 5.74) is 5.48. The van der Waals surface area contributed by atoms with Crippen molar-refractivity contribution in [1.29, 1.82) is 0 Å². The number of piperidine rings is 2. The average Bonchev–Trinajstić information content (AvgIpc) is 4.23. The Balaban J connectivity index is 0.583. The number of imidazole rings is 1. The van der Waals surface area contributed by atoms with E-state index in [1.54, 1.807) is 36.4 Å². The van der Waals surface area contributed by atoms with E-state index in [2.05, 4.69) is 25.3 Å². The molecule has 10 rings (SSSR count). The molecule has 5 amide bonds. The molecule has 4 saturated heterocycles. The minimum atomic E-state index is -1.09. The molecule has 19 nitrogen and oxygen atoms in total. The van der Waals surface area contributed by atoms with Gasteiger partial charge in [0.2, 0.25) is 23.7 Å². The Bertz CT molecular complexity index is 3150. The first-order chi connectivity index (χ1) is 37.4. The molecule has 2 atom stereocenters. The number of amides is 5. The van der Waals surface area contributed by atoms with Crippen LogP contribution in [-0.2, 0) is 62.2 Å². The van der Waals surface area contributed by atoms with Crippen molar-refractivity contribution in [2.45, 2.75) is 63.5 Å². The number of fused-ring (bicyclic) bond motifs is 2. The van der Waals surface area contributed by atoms with E-state index in [4.69, 9.17) is 25.8 Å². The number of rotatable bonds is 21. The molecule has 1 aliphatic carbocycles. The van der Waals surface area contributed by atoms with Crippen LogP contribution in [0, 0.1) is 11.7 Å². The van der Waals surface area contributed by atoms with Gasteiger partial charge in [0.25, 0.3) is 17.4 Å². The number of halogens is 2. The van der Waals surface area contributed by atoms with Gasteiger partial charge in [-0.15, -0.1) is 0 Å². The summed E-state index contributed by atoms with van der Waals surface area (Å²) in [4.78, 5) is 106. The summed E-state index contributed by atoms with van der Waals surface area (Å²) < 4.78 is 32.2.